The van der Waals surface area contributed by atoms with Gasteiger partial charge in [0.05, 0.1) is 11.4 Å². The summed E-state index contributed by atoms with van der Waals surface area (Å²) in [5.41, 5.74) is 7.68. The number of nitrogens with two attached hydrogens (primary N) is 1. The van der Waals surface area contributed by atoms with E-state index < -0.39 is 5.67 Å². The lowest BCUT2D eigenvalue weighted by Gasteiger charge is -2.45. The van der Waals surface area contributed by atoms with Gasteiger partial charge in [0.2, 0.25) is 0 Å². The van der Waals surface area contributed by atoms with E-state index in [0.29, 0.717) is 44.6 Å². The fourth-order valence-electron chi connectivity index (χ4n) is 6.25. The molecule has 3 aliphatic heterocycles. The third-order valence-corrected chi connectivity index (χ3v) is 9.58. The minimum absolute atomic E-state index is 0.240. The van der Waals surface area contributed by atoms with Gasteiger partial charge >= 0.3 is 0 Å². The Morgan fingerprint density at radius 3 is 2.71 bits per heavy atom. The van der Waals surface area contributed by atoms with Gasteiger partial charge in [0.1, 0.15) is 5.82 Å². The van der Waals surface area contributed by atoms with E-state index in [1.165, 1.54) is 27.6 Å². The molecule has 0 spiro atoms. The number of halogens is 1. The minimum Gasteiger partial charge on any atom is -0.384 e. The topological polar surface area (TPSA) is 65.7 Å². The molecule has 8 heteroatoms. The van der Waals surface area contributed by atoms with Gasteiger partial charge in [-0.15, -0.1) is 0 Å². The summed E-state index contributed by atoms with van der Waals surface area (Å²) in [7, 11) is 0. The lowest BCUT2D eigenvalue weighted by atomic mass is 9.90. The number of para-hydroxylation sites is 1. The van der Waals surface area contributed by atoms with Gasteiger partial charge in [0.15, 0.2) is 5.67 Å². The van der Waals surface area contributed by atoms with Gasteiger partial charge in [-0.1, -0.05) is 30.0 Å². The molecule has 2 saturated heterocycles. The number of carbonyl (C=O) groups excluding carboxylic acids is 1. The number of likely N-dealkylation sites (tertiary alicyclic amines) is 2. The third-order valence-electron chi connectivity index (χ3n) is 8.35. The van der Waals surface area contributed by atoms with Gasteiger partial charge in [-0.3, -0.25) is 9.69 Å². The van der Waals surface area contributed by atoms with Gasteiger partial charge in [0.25, 0.3) is 5.91 Å². The first-order valence-corrected chi connectivity index (χ1v) is 14.7. The van der Waals surface area contributed by atoms with E-state index in [1.54, 1.807) is 11.1 Å². The number of aromatic nitrogens is 1. The average Bonchev–Trinajstić information content (AvgIpc) is 3.18. The van der Waals surface area contributed by atoms with Crippen molar-refractivity contribution < 1.29 is 9.18 Å². The number of anilines is 2. The maximum atomic E-state index is 16.0. The van der Waals surface area contributed by atoms with Crippen LogP contribution in [0.25, 0.3) is 0 Å². The molecule has 2 aromatic rings. The zero-order valence-corrected chi connectivity index (χ0v) is 22.6. The number of piperidine rings is 2. The SMILES string of the molecule is Nc1cc(CN2CCC(F)(C(=O)N3CCC(N4C5=C(CCCC=C5)Sc5ccccc54)CC3)CC2)ccn1. The van der Waals surface area contributed by atoms with Gasteiger partial charge in [0, 0.05) is 67.6 Å². The van der Waals surface area contributed by atoms with E-state index in [4.69, 9.17) is 5.73 Å². The van der Waals surface area contributed by atoms with Crippen LogP contribution in [0.15, 0.2) is 70.2 Å². The lowest BCUT2D eigenvalue weighted by Crippen LogP contribution is -2.55. The van der Waals surface area contributed by atoms with Crippen molar-refractivity contribution in [3.8, 4) is 0 Å². The van der Waals surface area contributed by atoms with Gasteiger partial charge in [-0.05, 0) is 68.0 Å². The summed E-state index contributed by atoms with van der Waals surface area (Å²) < 4.78 is 16.0. The number of allylic oxidation sites excluding steroid dienone is 3. The predicted molar refractivity (Wildman–Crippen MR) is 151 cm³/mol. The quantitative estimate of drug-likeness (QED) is 0.558. The number of rotatable bonds is 4. The van der Waals surface area contributed by atoms with Crippen LogP contribution in [0.4, 0.5) is 15.9 Å². The number of benzene rings is 1. The second kappa shape index (κ2) is 10.7. The molecule has 0 saturated carbocycles. The molecule has 200 valence electrons. The van der Waals surface area contributed by atoms with Crippen LogP contribution in [0.5, 0.6) is 0 Å². The molecule has 0 radical (unpaired) electrons. The summed E-state index contributed by atoms with van der Waals surface area (Å²) in [6, 6.07) is 12.8. The fraction of sp³-hybridized carbons (Fsp3) is 0.467. The molecule has 6 rings (SSSR count). The van der Waals surface area contributed by atoms with E-state index in [0.717, 1.165) is 31.2 Å². The van der Waals surface area contributed by atoms with E-state index in [-0.39, 0.29) is 18.7 Å². The Labute approximate surface area is 228 Å². The van der Waals surface area contributed by atoms with Gasteiger partial charge in [-0.2, -0.15) is 0 Å². The third kappa shape index (κ3) is 5.08. The van der Waals surface area contributed by atoms with Crippen LogP contribution in [0.2, 0.25) is 0 Å². The van der Waals surface area contributed by atoms with Crippen LogP contribution >= 0.6 is 11.8 Å². The highest BCUT2D eigenvalue weighted by Crippen LogP contribution is 2.48. The predicted octanol–water partition coefficient (Wildman–Crippen LogP) is 5.52. The molecule has 0 bridgehead atoms. The number of hydrogen-bond donors (Lipinski definition) is 1. The largest absolute Gasteiger partial charge is 0.384 e. The van der Waals surface area contributed by atoms with Crippen molar-refractivity contribution >= 4 is 29.2 Å². The van der Waals surface area contributed by atoms with Crippen LogP contribution in [-0.2, 0) is 11.3 Å². The van der Waals surface area contributed by atoms with Crippen molar-refractivity contribution in [2.24, 2.45) is 0 Å². The monoisotopic (exact) mass is 533 g/mol. The first-order chi connectivity index (χ1) is 18.5. The Balaban J connectivity index is 1.10. The van der Waals surface area contributed by atoms with Crippen molar-refractivity contribution in [2.45, 2.75) is 68.1 Å². The number of amides is 1. The molecule has 6 nitrogen and oxygen atoms in total. The maximum Gasteiger partial charge on any atom is 0.260 e. The summed E-state index contributed by atoms with van der Waals surface area (Å²) in [6.07, 6.45) is 11.9. The molecule has 1 amide bonds. The highest BCUT2D eigenvalue weighted by Gasteiger charge is 2.45. The Bertz CT molecular complexity index is 1250. The molecule has 4 heterocycles. The highest BCUT2D eigenvalue weighted by atomic mass is 32.2. The minimum atomic E-state index is -1.77. The maximum absolute atomic E-state index is 16.0. The van der Waals surface area contributed by atoms with Crippen LogP contribution in [0.1, 0.15) is 50.5 Å². The molecule has 0 unspecified atom stereocenters. The molecule has 1 aliphatic carbocycles. The number of fused-ring (bicyclic) bond motifs is 1. The first-order valence-electron chi connectivity index (χ1n) is 13.9. The number of thioether (sulfide) groups is 1. The zero-order chi connectivity index (χ0) is 26.1. The fourth-order valence-corrected chi connectivity index (χ4v) is 7.45. The van der Waals surface area contributed by atoms with E-state index >= 15 is 4.39 Å². The molecule has 2 fully saturated rings. The number of pyridine rings is 1. The average molecular weight is 534 g/mol. The Hall–Kier alpha value is -2.84. The van der Waals surface area contributed by atoms with Gasteiger partial charge < -0.3 is 15.5 Å². The lowest BCUT2D eigenvalue weighted by molar-refractivity contribution is -0.148. The van der Waals surface area contributed by atoms with Crippen LogP contribution < -0.4 is 10.6 Å². The summed E-state index contributed by atoms with van der Waals surface area (Å²) in [6.45, 7) is 3.03. The number of alkyl halides is 1. The van der Waals surface area contributed by atoms with E-state index in [1.807, 2.05) is 23.9 Å². The van der Waals surface area contributed by atoms with E-state index in [2.05, 4.69) is 51.2 Å². The zero-order valence-electron chi connectivity index (χ0n) is 21.8. The highest BCUT2D eigenvalue weighted by molar-refractivity contribution is 8.03. The Kier molecular flexibility index (Phi) is 7.18. The molecule has 1 aromatic carbocycles. The summed E-state index contributed by atoms with van der Waals surface area (Å²) in [5.74, 6) is 0.180. The van der Waals surface area contributed by atoms with Crippen molar-refractivity contribution in [1.82, 2.24) is 14.8 Å². The number of hydrogen-bond acceptors (Lipinski definition) is 6. The number of nitrogen functional groups attached to an aromatic ring is 1. The second-order valence-electron chi connectivity index (χ2n) is 10.9. The van der Waals surface area contributed by atoms with Crippen LogP contribution in [0.3, 0.4) is 0 Å². The number of carbonyl (C=O) groups is 1. The van der Waals surface area contributed by atoms with Crippen molar-refractivity contribution in [2.75, 3.05) is 36.8 Å². The molecule has 1 aromatic heterocycles. The summed E-state index contributed by atoms with van der Waals surface area (Å²) in [5, 5.41) is 0. The Morgan fingerprint density at radius 2 is 1.92 bits per heavy atom. The molecule has 38 heavy (non-hydrogen) atoms. The molecule has 4 aliphatic rings. The van der Waals surface area contributed by atoms with Crippen LogP contribution in [0, 0.1) is 0 Å². The molecule has 2 N–H and O–H groups in total. The second-order valence-corrected chi connectivity index (χ2v) is 12.0. The Morgan fingerprint density at radius 1 is 1.13 bits per heavy atom. The molecule has 0 atom stereocenters. The smallest absolute Gasteiger partial charge is 0.260 e. The summed E-state index contributed by atoms with van der Waals surface area (Å²) in [4.78, 5) is 26.7. The standard InChI is InChI=1S/C30H36FN5OS/c31-30(13-18-34(19-14-30)21-22-10-15-33-28(32)20-22)29(37)35-16-11-23(12-17-35)36-24-6-2-1-3-8-26(24)38-27-9-5-4-7-25(27)36/h2,4-7,9-10,15,20,23H,1,3,8,11-14,16-19,21H2,(H2,32,33). The van der Waals surface area contributed by atoms with E-state index in [9.17, 15) is 4.79 Å². The molecular formula is C30H36FN5OS. The number of nitrogens with zero attached hydrogens (tertiary/aromatic N) is 4. The van der Waals surface area contributed by atoms with Crippen molar-refractivity contribution in [3.63, 3.8) is 0 Å². The summed E-state index contributed by atoms with van der Waals surface area (Å²) >= 11 is 1.91. The molecular weight excluding hydrogens is 497 g/mol. The van der Waals surface area contributed by atoms with Crippen LogP contribution in [-0.4, -0.2) is 58.6 Å². The van der Waals surface area contributed by atoms with Gasteiger partial charge in [-0.25, -0.2) is 9.37 Å². The normalized spacial score (nSPS) is 22.1. The van der Waals surface area contributed by atoms with Crippen molar-refractivity contribution in [3.05, 3.63) is 70.9 Å². The van der Waals surface area contributed by atoms with Crippen molar-refractivity contribution in [1.29, 1.82) is 0 Å². The first kappa shape index (κ1) is 25.4.